The van der Waals surface area contributed by atoms with Crippen LogP contribution in [0.15, 0.2) is 30.3 Å². The minimum atomic E-state index is -0.686. The summed E-state index contributed by atoms with van der Waals surface area (Å²) in [4.78, 5) is 0. The summed E-state index contributed by atoms with van der Waals surface area (Å²) < 4.78 is 27.4. The molecule has 0 heterocycles. The first-order valence-electron chi connectivity index (χ1n) is 6.07. The van der Waals surface area contributed by atoms with Crippen LogP contribution in [0.25, 0.3) is 0 Å². The average molecular weight is 281 g/mol. The predicted octanol–water partition coefficient (Wildman–Crippen LogP) is 5.22. The molecule has 2 aromatic carbocycles. The highest BCUT2D eigenvalue weighted by Crippen LogP contribution is 2.32. The van der Waals surface area contributed by atoms with Gasteiger partial charge < -0.3 is 0 Å². The largest absolute Gasteiger partial charge is 0.207 e. The number of hydrogen-bond donors (Lipinski definition) is 0. The molecule has 0 N–H and O–H groups in total. The van der Waals surface area contributed by atoms with Crippen molar-refractivity contribution in [1.29, 1.82) is 0 Å². The van der Waals surface area contributed by atoms with Gasteiger partial charge in [-0.2, -0.15) is 0 Å². The molecule has 0 nitrogen and oxygen atoms in total. The number of alkyl halides is 1. The number of rotatable bonds is 2. The van der Waals surface area contributed by atoms with E-state index < -0.39 is 17.0 Å². The Morgan fingerprint density at radius 2 is 1.53 bits per heavy atom. The van der Waals surface area contributed by atoms with Gasteiger partial charge in [0, 0.05) is 5.56 Å². The van der Waals surface area contributed by atoms with Gasteiger partial charge in [-0.15, -0.1) is 11.6 Å². The van der Waals surface area contributed by atoms with Crippen LogP contribution in [0.3, 0.4) is 0 Å². The molecule has 0 fully saturated rings. The predicted molar refractivity (Wildman–Crippen MR) is 74.7 cm³/mol. The van der Waals surface area contributed by atoms with E-state index in [-0.39, 0.29) is 11.1 Å². The molecule has 0 saturated heterocycles. The number of benzene rings is 2. The zero-order valence-electron chi connectivity index (χ0n) is 11.1. The van der Waals surface area contributed by atoms with E-state index >= 15 is 0 Å². The molecular weight excluding hydrogens is 266 g/mol. The highest BCUT2D eigenvalue weighted by atomic mass is 35.5. The monoisotopic (exact) mass is 280 g/mol. The molecule has 1 unspecified atom stereocenters. The van der Waals surface area contributed by atoms with Gasteiger partial charge >= 0.3 is 0 Å². The zero-order valence-corrected chi connectivity index (χ0v) is 11.9. The fourth-order valence-electron chi connectivity index (χ4n) is 1.96. The summed E-state index contributed by atoms with van der Waals surface area (Å²) in [5.41, 5.74) is 3.45. The summed E-state index contributed by atoms with van der Waals surface area (Å²) in [6, 6.07) is 8.04. The molecule has 2 rings (SSSR count). The van der Waals surface area contributed by atoms with Gasteiger partial charge in [0.1, 0.15) is 11.6 Å². The Hall–Kier alpha value is -1.41. The van der Waals surface area contributed by atoms with Crippen molar-refractivity contribution in [2.24, 2.45) is 0 Å². The molecule has 2 aromatic rings. The van der Waals surface area contributed by atoms with Crippen LogP contribution in [-0.4, -0.2) is 0 Å². The Labute approximate surface area is 117 Å². The lowest BCUT2D eigenvalue weighted by molar-refractivity contribution is 0.580. The van der Waals surface area contributed by atoms with E-state index in [4.69, 9.17) is 11.6 Å². The molecule has 0 aliphatic heterocycles. The van der Waals surface area contributed by atoms with E-state index in [1.165, 1.54) is 19.1 Å². The number of halogens is 3. The van der Waals surface area contributed by atoms with Crippen LogP contribution >= 0.6 is 11.6 Å². The lowest BCUT2D eigenvalue weighted by Gasteiger charge is -2.14. The van der Waals surface area contributed by atoms with Crippen molar-refractivity contribution in [2.45, 2.75) is 26.1 Å². The van der Waals surface area contributed by atoms with Gasteiger partial charge in [-0.05, 0) is 55.2 Å². The Morgan fingerprint density at radius 1 is 0.842 bits per heavy atom. The molecule has 0 aliphatic carbocycles. The minimum absolute atomic E-state index is 0.174. The molecule has 0 amide bonds. The van der Waals surface area contributed by atoms with E-state index in [0.29, 0.717) is 0 Å². The van der Waals surface area contributed by atoms with E-state index in [1.807, 2.05) is 32.0 Å². The van der Waals surface area contributed by atoms with E-state index in [0.717, 1.165) is 16.7 Å². The lowest BCUT2D eigenvalue weighted by atomic mass is 9.99. The summed E-state index contributed by atoms with van der Waals surface area (Å²) in [5, 5.41) is -0.686. The summed E-state index contributed by atoms with van der Waals surface area (Å²) in [6.07, 6.45) is 0. The lowest BCUT2D eigenvalue weighted by Crippen LogP contribution is -2.00. The van der Waals surface area contributed by atoms with Crippen molar-refractivity contribution in [2.75, 3.05) is 0 Å². The van der Waals surface area contributed by atoms with Gasteiger partial charge in [0.2, 0.25) is 0 Å². The second kappa shape index (κ2) is 5.30. The topological polar surface area (TPSA) is 0 Å². The first kappa shape index (κ1) is 14.0. The third kappa shape index (κ3) is 2.79. The Kier molecular flexibility index (Phi) is 3.91. The second-order valence-corrected chi connectivity index (χ2v) is 5.27. The summed E-state index contributed by atoms with van der Waals surface area (Å²) in [6.45, 7) is 5.49. The van der Waals surface area contributed by atoms with E-state index in [9.17, 15) is 8.78 Å². The van der Waals surface area contributed by atoms with Crippen LogP contribution < -0.4 is 0 Å². The molecule has 3 heteroatoms. The highest BCUT2D eigenvalue weighted by Gasteiger charge is 2.17. The van der Waals surface area contributed by atoms with Gasteiger partial charge in [0.15, 0.2) is 0 Å². The maximum absolute atomic E-state index is 13.9. The quantitative estimate of drug-likeness (QED) is 0.662. The van der Waals surface area contributed by atoms with E-state index in [1.54, 1.807) is 0 Å². The SMILES string of the molecule is Cc1ccc(C(Cl)c2cc(F)c(C)cc2F)cc1C. The van der Waals surface area contributed by atoms with Crippen molar-refractivity contribution in [1.82, 2.24) is 0 Å². The van der Waals surface area contributed by atoms with Crippen LogP contribution in [0.2, 0.25) is 0 Å². The maximum Gasteiger partial charge on any atom is 0.128 e. The molecule has 0 saturated carbocycles. The van der Waals surface area contributed by atoms with Gasteiger partial charge in [-0.1, -0.05) is 18.2 Å². The number of aryl methyl sites for hydroxylation is 3. The molecule has 0 bridgehead atoms. The van der Waals surface area contributed by atoms with Gasteiger partial charge in [-0.3, -0.25) is 0 Å². The fraction of sp³-hybridized carbons (Fsp3) is 0.250. The van der Waals surface area contributed by atoms with Crippen molar-refractivity contribution < 1.29 is 8.78 Å². The average Bonchev–Trinajstić information content (AvgIpc) is 2.36. The Bertz CT molecular complexity index is 620. The first-order valence-corrected chi connectivity index (χ1v) is 6.50. The third-order valence-electron chi connectivity index (χ3n) is 3.37. The fourth-order valence-corrected chi connectivity index (χ4v) is 2.26. The summed E-state index contributed by atoms with van der Waals surface area (Å²) in [7, 11) is 0. The van der Waals surface area contributed by atoms with Crippen LogP contribution in [0, 0.1) is 32.4 Å². The van der Waals surface area contributed by atoms with Crippen LogP contribution in [-0.2, 0) is 0 Å². The number of hydrogen-bond acceptors (Lipinski definition) is 0. The Balaban J connectivity index is 2.46. The molecular formula is C16H15ClF2. The van der Waals surface area contributed by atoms with E-state index in [2.05, 4.69) is 0 Å². The minimum Gasteiger partial charge on any atom is -0.207 e. The van der Waals surface area contributed by atoms with Crippen LogP contribution in [0.1, 0.15) is 33.2 Å². The summed E-state index contributed by atoms with van der Waals surface area (Å²) >= 11 is 6.28. The van der Waals surface area contributed by atoms with Crippen LogP contribution in [0.4, 0.5) is 8.78 Å². The van der Waals surface area contributed by atoms with Gasteiger partial charge in [0.25, 0.3) is 0 Å². The van der Waals surface area contributed by atoms with Crippen LogP contribution in [0.5, 0.6) is 0 Å². The third-order valence-corrected chi connectivity index (χ3v) is 3.86. The first-order chi connectivity index (χ1) is 8.90. The molecule has 19 heavy (non-hydrogen) atoms. The maximum atomic E-state index is 13.9. The van der Waals surface area contributed by atoms with Gasteiger partial charge in [0.05, 0.1) is 5.38 Å². The van der Waals surface area contributed by atoms with Crippen molar-refractivity contribution in [3.05, 3.63) is 69.8 Å². The molecule has 100 valence electrons. The van der Waals surface area contributed by atoms with Crippen molar-refractivity contribution in [3.8, 4) is 0 Å². The second-order valence-electron chi connectivity index (χ2n) is 4.83. The smallest absolute Gasteiger partial charge is 0.128 e. The molecule has 0 radical (unpaired) electrons. The standard InChI is InChI=1S/C16H15ClF2/c1-9-4-5-12(6-10(9)2)16(17)13-8-14(18)11(3)7-15(13)19/h4-8,16H,1-3H3. The molecule has 0 aliphatic rings. The van der Waals surface area contributed by atoms with Crippen molar-refractivity contribution >= 4 is 11.6 Å². The van der Waals surface area contributed by atoms with Gasteiger partial charge in [-0.25, -0.2) is 8.78 Å². The highest BCUT2D eigenvalue weighted by molar-refractivity contribution is 6.22. The summed E-state index contributed by atoms with van der Waals surface area (Å²) in [5.74, 6) is -0.914. The molecule has 0 spiro atoms. The zero-order chi connectivity index (χ0) is 14.2. The molecule has 0 aromatic heterocycles. The Morgan fingerprint density at radius 3 is 2.16 bits per heavy atom. The molecule has 1 atom stereocenters. The normalized spacial score (nSPS) is 12.5. The van der Waals surface area contributed by atoms with Crippen molar-refractivity contribution in [3.63, 3.8) is 0 Å².